The molecule has 1 aliphatic heterocycles. The van der Waals surface area contributed by atoms with E-state index in [1.807, 2.05) is 42.5 Å². The highest BCUT2D eigenvalue weighted by atomic mass is 16.2. The number of anilines is 1. The Morgan fingerprint density at radius 1 is 1.07 bits per heavy atom. The zero-order chi connectivity index (χ0) is 29.2. The Morgan fingerprint density at radius 2 is 1.83 bits per heavy atom. The average Bonchev–Trinajstić information content (AvgIpc) is 3.62. The van der Waals surface area contributed by atoms with E-state index in [0.717, 1.165) is 37.3 Å². The highest BCUT2D eigenvalue weighted by Gasteiger charge is 2.25. The van der Waals surface area contributed by atoms with Crippen LogP contribution in [-0.4, -0.2) is 66.0 Å². The van der Waals surface area contributed by atoms with Gasteiger partial charge in [0.2, 0.25) is 11.8 Å². The Bertz CT molecular complexity index is 1330. The van der Waals surface area contributed by atoms with Gasteiger partial charge in [-0.1, -0.05) is 36.4 Å². The number of carbonyl (C=O) groups excluding carboxylic acids is 2. The molecule has 4 rings (SSSR count). The monoisotopic (exact) mass is 560 g/mol. The van der Waals surface area contributed by atoms with Crippen LogP contribution < -0.4 is 27.4 Å². The van der Waals surface area contributed by atoms with E-state index in [1.54, 1.807) is 7.05 Å². The number of aliphatic imine (C=N–C) groups is 1. The van der Waals surface area contributed by atoms with Crippen LogP contribution in [0.5, 0.6) is 0 Å². The molecule has 10 nitrogen and oxygen atoms in total. The van der Waals surface area contributed by atoms with Crippen LogP contribution in [0.25, 0.3) is 10.9 Å². The molecule has 0 saturated carbocycles. The van der Waals surface area contributed by atoms with Crippen molar-refractivity contribution in [3.63, 3.8) is 0 Å². The second-order valence-corrected chi connectivity index (χ2v) is 10.7. The van der Waals surface area contributed by atoms with Gasteiger partial charge in [-0.2, -0.15) is 0 Å². The van der Waals surface area contributed by atoms with Gasteiger partial charge in [0.1, 0.15) is 6.04 Å². The van der Waals surface area contributed by atoms with Crippen molar-refractivity contribution in [3.8, 4) is 0 Å². The van der Waals surface area contributed by atoms with Gasteiger partial charge in [0.05, 0.1) is 11.6 Å². The Labute approximate surface area is 242 Å². The van der Waals surface area contributed by atoms with Gasteiger partial charge in [0, 0.05) is 50.4 Å². The first-order chi connectivity index (χ1) is 19.9. The second kappa shape index (κ2) is 14.7. The van der Waals surface area contributed by atoms with Crippen LogP contribution in [0.2, 0.25) is 0 Å². The molecule has 2 amide bonds. The number of nitrogens with zero attached hydrogens (tertiary/aromatic N) is 3. The zero-order valence-electron chi connectivity index (χ0n) is 24.2. The number of guanidine groups is 1. The van der Waals surface area contributed by atoms with Gasteiger partial charge < -0.3 is 32.0 Å². The molecule has 10 heteroatoms. The lowest BCUT2D eigenvalue weighted by molar-refractivity contribution is -0.127. The van der Waals surface area contributed by atoms with Crippen LogP contribution in [0, 0.1) is 0 Å². The molecule has 2 aromatic carbocycles. The number of fused-ring (bicyclic) bond motifs is 1. The fourth-order valence-corrected chi connectivity index (χ4v) is 5.33. The van der Waals surface area contributed by atoms with Crippen molar-refractivity contribution in [1.29, 1.82) is 0 Å². The topological polar surface area (TPSA) is 143 Å². The van der Waals surface area contributed by atoms with Crippen molar-refractivity contribution in [2.45, 2.75) is 64.2 Å². The summed E-state index contributed by atoms with van der Waals surface area (Å²) in [5.74, 6) is -0.302. The summed E-state index contributed by atoms with van der Waals surface area (Å²) in [7, 11) is 1.60. The van der Waals surface area contributed by atoms with Gasteiger partial charge in [-0.25, -0.2) is 0 Å². The van der Waals surface area contributed by atoms with Crippen molar-refractivity contribution in [2.75, 3.05) is 32.0 Å². The Hall–Kier alpha value is -3.89. The molecule has 1 aromatic heterocycles. The molecule has 0 aliphatic carbocycles. The number of hydrogen-bond acceptors (Lipinski definition) is 5. The Kier molecular flexibility index (Phi) is 10.8. The number of hydrogen-bond donors (Lipinski definition) is 5. The number of amides is 2. The maximum Gasteiger partial charge on any atom is 0.247 e. The number of likely N-dealkylation sites (tertiary alicyclic amines) is 1. The van der Waals surface area contributed by atoms with Crippen molar-refractivity contribution in [2.24, 2.45) is 16.5 Å². The lowest BCUT2D eigenvalue weighted by atomic mass is 10.0. The molecule has 0 bridgehead atoms. The van der Waals surface area contributed by atoms with Crippen LogP contribution in [-0.2, 0) is 29.1 Å². The quantitative estimate of drug-likeness (QED) is 0.124. The number of carbonyl (C=O) groups is 2. The molecule has 41 heavy (non-hydrogen) atoms. The van der Waals surface area contributed by atoms with Crippen molar-refractivity contribution < 1.29 is 9.59 Å². The van der Waals surface area contributed by atoms with Crippen LogP contribution in [0.15, 0.2) is 59.7 Å². The van der Waals surface area contributed by atoms with Gasteiger partial charge in [0.15, 0.2) is 5.96 Å². The second-order valence-electron chi connectivity index (χ2n) is 10.7. The third-order valence-corrected chi connectivity index (χ3v) is 7.66. The molecular weight excluding hydrogens is 516 g/mol. The largest absolute Gasteiger partial charge is 0.370 e. The molecule has 2 heterocycles. The molecule has 220 valence electrons. The number of aryl methyl sites for hydroxylation is 1. The maximum atomic E-state index is 13.6. The van der Waals surface area contributed by atoms with Gasteiger partial charge in [0.25, 0.3) is 0 Å². The summed E-state index contributed by atoms with van der Waals surface area (Å²) in [6.07, 6.45) is 6.18. The number of benzene rings is 2. The fourth-order valence-electron chi connectivity index (χ4n) is 5.33. The zero-order valence-corrected chi connectivity index (χ0v) is 24.2. The lowest BCUT2D eigenvalue weighted by Crippen LogP contribution is -2.51. The first-order valence-corrected chi connectivity index (χ1v) is 14.6. The predicted octanol–water partition coefficient (Wildman–Crippen LogP) is 2.56. The normalized spacial score (nSPS) is 15.5. The predicted molar refractivity (Wildman–Crippen MR) is 166 cm³/mol. The van der Waals surface area contributed by atoms with E-state index in [2.05, 4.69) is 49.6 Å². The summed E-state index contributed by atoms with van der Waals surface area (Å²) in [5, 5.41) is 10.1. The van der Waals surface area contributed by atoms with Crippen LogP contribution in [0.3, 0.4) is 0 Å². The van der Waals surface area contributed by atoms with Crippen molar-refractivity contribution in [3.05, 3.63) is 65.9 Å². The number of aromatic nitrogens is 1. The summed E-state index contributed by atoms with van der Waals surface area (Å²) < 4.78 is 2.23. The Balaban J connectivity index is 1.45. The summed E-state index contributed by atoms with van der Waals surface area (Å²) in [4.78, 5) is 32.9. The van der Waals surface area contributed by atoms with Gasteiger partial charge in [-0.05, 0) is 69.0 Å². The first-order valence-electron chi connectivity index (χ1n) is 14.6. The minimum atomic E-state index is -0.781. The number of nitrogens with two attached hydrogens (primary N) is 2. The molecule has 0 spiro atoms. The maximum absolute atomic E-state index is 13.6. The fraction of sp³-hybridized carbons (Fsp3) is 0.452. The van der Waals surface area contributed by atoms with E-state index in [1.165, 1.54) is 23.8 Å². The highest BCUT2D eigenvalue weighted by molar-refractivity contribution is 5.99. The molecule has 1 saturated heterocycles. The van der Waals surface area contributed by atoms with Crippen LogP contribution >= 0.6 is 0 Å². The van der Waals surface area contributed by atoms with E-state index < -0.39 is 12.1 Å². The van der Waals surface area contributed by atoms with E-state index in [0.29, 0.717) is 37.5 Å². The van der Waals surface area contributed by atoms with Gasteiger partial charge >= 0.3 is 0 Å². The van der Waals surface area contributed by atoms with Crippen molar-refractivity contribution in [1.82, 2.24) is 20.1 Å². The minimum absolute atomic E-state index is 0.283. The third kappa shape index (κ3) is 8.31. The minimum Gasteiger partial charge on any atom is -0.370 e. The van der Waals surface area contributed by atoms with E-state index >= 15 is 0 Å². The highest BCUT2D eigenvalue weighted by Crippen LogP contribution is 2.27. The van der Waals surface area contributed by atoms with Crippen molar-refractivity contribution >= 4 is 34.4 Å². The average molecular weight is 561 g/mol. The van der Waals surface area contributed by atoms with Crippen LogP contribution in [0.1, 0.15) is 43.7 Å². The molecule has 0 unspecified atom stereocenters. The van der Waals surface area contributed by atoms with Crippen LogP contribution in [0.4, 0.5) is 5.69 Å². The summed E-state index contributed by atoms with van der Waals surface area (Å²) in [6.45, 7) is 6.75. The number of nitrogens with one attached hydrogen (secondary N) is 3. The van der Waals surface area contributed by atoms with E-state index in [9.17, 15) is 9.59 Å². The lowest BCUT2D eigenvalue weighted by Gasteiger charge is -2.21. The Morgan fingerprint density at radius 3 is 2.54 bits per heavy atom. The molecule has 0 radical (unpaired) electrons. The summed E-state index contributed by atoms with van der Waals surface area (Å²) >= 11 is 0. The van der Waals surface area contributed by atoms with E-state index in [-0.39, 0.29) is 11.8 Å². The van der Waals surface area contributed by atoms with Gasteiger partial charge in [-0.3, -0.25) is 19.5 Å². The SMILES string of the molecule is CCn1cc(CN2CCCC2)c2ccc(NC(=O)[C@H](Cc3ccccc3)NC(=O)[C@@H](N)CCCNC(N)=NC)cc21. The third-order valence-electron chi connectivity index (χ3n) is 7.66. The first kappa shape index (κ1) is 30.1. The molecular formula is C31H44N8O2. The molecule has 1 aliphatic rings. The van der Waals surface area contributed by atoms with E-state index in [4.69, 9.17) is 11.5 Å². The summed E-state index contributed by atoms with van der Waals surface area (Å²) in [5.41, 5.74) is 15.9. The van der Waals surface area contributed by atoms with Gasteiger partial charge in [-0.15, -0.1) is 0 Å². The molecule has 2 atom stereocenters. The molecule has 7 N–H and O–H groups in total. The standard InChI is InChI=1S/C31H44N8O2/c1-3-39-21-23(20-38-16-7-8-17-38)25-14-13-24(19-28(25)39)36-30(41)27(18-22-10-5-4-6-11-22)37-29(40)26(32)12-9-15-35-31(33)34-2/h4-6,10-11,13-14,19,21,26-27H,3,7-9,12,15-18,20,32H2,1-2H3,(H,36,41)(H,37,40)(H3,33,34,35)/t26-,27-/m0/s1. The summed E-state index contributed by atoms with van der Waals surface area (Å²) in [6, 6.07) is 14.2. The molecule has 1 fully saturated rings. The molecule has 3 aromatic rings. The number of rotatable bonds is 13. The smallest absolute Gasteiger partial charge is 0.247 e.